The summed E-state index contributed by atoms with van der Waals surface area (Å²) in [5.74, 6) is 0.728. The predicted molar refractivity (Wildman–Crippen MR) is 135 cm³/mol. The van der Waals surface area contributed by atoms with Gasteiger partial charge < -0.3 is 10.2 Å². The first-order chi connectivity index (χ1) is 16.1. The number of hydrogen-bond acceptors (Lipinski definition) is 3. The van der Waals surface area contributed by atoms with Crippen LogP contribution in [0.5, 0.6) is 0 Å². The molecule has 0 spiro atoms. The summed E-state index contributed by atoms with van der Waals surface area (Å²) in [6, 6.07) is 23.4. The van der Waals surface area contributed by atoms with Gasteiger partial charge in [-0.1, -0.05) is 67.6 Å². The normalized spacial score (nSPS) is 16.8. The van der Waals surface area contributed by atoms with E-state index in [-0.39, 0.29) is 11.3 Å². The van der Waals surface area contributed by atoms with Crippen molar-refractivity contribution in [1.29, 1.82) is 0 Å². The van der Waals surface area contributed by atoms with Gasteiger partial charge in [-0.05, 0) is 79.6 Å². The number of aromatic nitrogens is 1. The maximum absolute atomic E-state index is 13.0. The van der Waals surface area contributed by atoms with Gasteiger partial charge in [0.25, 0.3) is 0 Å². The monoisotopic (exact) mass is 441 g/mol. The van der Waals surface area contributed by atoms with Crippen LogP contribution in [0.2, 0.25) is 0 Å². The maximum Gasteiger partial charge on any atom is 0.226 e. The highest BCUT2D eigenvalue weighted by Crippen LogP contribution is 2.36. The fourth-order valence-corrected chi connectivity index (χ4v) is 5.02. The molecule has 4 heteroatoms. The molecule has 3 aromatic rings. The molecule has 1 saturated heterocycles. The third kappa shape index (κ3) is 5.69. The molecule has 1 N–H and O–H groups in total. The molecule has 0 unspecified atom stereocenters. The number of benzene rings is 2. The van der Waals surface area contributed by atoms with Crippen molar-refractivity contribution in [1.82, 2.24) is 15.2 Å². The highest BCUT2D eigenvalue weighted by Gasteiger charge is 2.40. The molecule has 0 saturated carbocycles. The van der Waals surface area contributed by atoms with Crippen LogP contribution < -0.4 is 5.32 Å². The van der Waals surface area contributed by atoms with Crippen LogP contribution in [-0.4, -0.2) is 42.5 Å². The lowest BCUT2D eigenvalue weighted by Gasteiger charge is -2.41. The minimum Gasteiger partial charge on any atom is -0.359 e. The number of nitrogens with zero attached hydrogens (tertiary/aromatic N) is 2. The zero-order valence-corrected chi connectivity index (χ0v) is 19.8. The molecule has 1 aliphatic rings. The summed E-state index contributed by atoms with van der Waals surface area (Å²) in [6.45, 7) is 5.34. The van der Waals surface area contributed by atoms with Crippen molar-refractivity contribution in [2.75, 3.05) is 26.7 Å². The number of amides is 1. The average molecular weight is 442 g/mol. The first kappa shape index (κ1) is 23.2. The topological polar surface area (TPSA) is 45.2 Å². The van der Waals surface area contributed by atoms with E-state index in [1.165, 1.54) is 11.1 Å². The summed E-state index contributed by atoms with van der Waals surface area (Å²) < 4.78 is 0. The minimum absolute atomic E-state index is 0.177. The smallest absolute Gasteiger partial charge is 0.226 e. The second kappa shape index (κ2) is 10.8. The summed E-state index contributed by atoms with van der Waals surface area (Å²) in [5.41, 5.74) is 4.57. The SMILES string of the molecule is CNC(=O)C1(Cc2ccc(-c3cccnc3)cc2)CCN(CC[C@H](C)c2ccccc2)CC1. The quantitative estimate of drug-likeness (QED) is 0.515. The highest BCUT2D eigenvalue weighted by molar-refractivity contribution is 5.83. The maximum atomic E-state index is 13.0. The van der Waals surface area contributed by atoms with E-state index in [0.29, 0.717) is 5.92 Å². The molecular weight excluding hydrogens is 406 g/mol. The van der Waals surface area contributed by atoms with Gasteiger partial charge >= 0.3 is 0 Å². The molecule has 2 aromatic carbocycles. The third-order valence-electron chi connectivity index (χ3n) is 7.26. The van der Waals surface area contributed by atoms with Crippen molar-refractivity contribution in [3.63, 3.8) is 0 Å². The predicted octanol–water partition coefficient (Wildman–Crippen LogP) is 5.31. The van der Waals surface area contributed by atoms with Gasteiger partial charge in [-0.2, -0.15) is 0 Å². The summed E-state index contributed by atoms with van der Waals surface area (Å²) in [4.78, 5) is 19.8. The number of carbonyl (C=O) groups is 1. The molecule has 0 aliphatic carbocycles. The summed E-state index contributed by atoms with van der Waals surface area (Å²) in [6.07, 6.45) is 7.41. The summed E-state index contributed by atoms with van der Waals surface area (Å²) in [5, 5.41) is 2.95. The van der Waals surface area contributed by atoms with Crippen LogP contribution in [0.1, 0.15) is 43.2 Å². The number of hydrogen-bond donors (Lipinski definition) is 1. The lowest BCUT2D eigenvalue weighted by atomic mass is 9.72. The van der Waals surface area contributed by atoms with Gasteiger partial charge in [-0.25, -0.2) is 0 Å². The number of rotatable bonds is 8. The van der Waals surface area contributed by atoms with E-state index >= 15 is 0 Å². The molecule has 1 fully saturated rings. The molecule has 4 nitrogen and oxygen atoms in total. The van der Waals surface area contributed by atoms with Gasteiger partial charge in [0.15, 0.2) is 0 Å². The first-order valence-electron chi connectivity index (χ1n) is 12.1. The van der Waals surface area contributed by atoms with Crippen molar-refractivity contribution < 1.29 is 4.79 Å². The molecule has 0 bridgehead atoms. The van der Waals surface area contributed by atoms with Crippen molar-refractivity contribution in [2.24, 2.45) is 5.41 Å². The molecule has 4 rings (SSSR count). The van der Waals surface area contributed by atoms with Crippen LogP contribution in [0.25, 0.3) is 11.1 Å². The van der Waals surface area contributed by atoms with Crippen molar-refractivity contribution in [2.45, 2.75) is 38.5 Å². The molecule has 172 valence electrons. The Kier molecular flexibility index (Phi) is 7.56. The fraction of sp³-hybridized carbons (Fsp3) is 0.379. The average Bonchev–Trinajstić information content (AvgIpc) is 2.89. The van der Waals surface area contributed by atoms with E-state index < -0.39 is 0 Å². The second-order valence-corrected chi connectivity index (χ2v) is 9.42. The van der Waals surface area contributed by atoms with Crippen LogP contribution in [0.15, 0.2) is 79.1 Å². The molecule has 1 aromatic heterocycles. The number of nitrogens with one attached hydrogen (secondary N) is 1. The van der Waals surface area contributed by atoms with Gasteiger partial charge in [-0.3, -0.25) is 9.78 Å². The van der Waals surface area contributed by atoms with Gasteiger partial charge in [-0.15, -0.1) is 0 Å². The van der Waals surface area contributed by atoms with Gasteiger partial charge in [0.1, 0.15) is 0 Å². The van der Waals surface area contributed by atoms with Gasteiger partial charge in [0.05, 0.1) is 5.41 Å². The van der Waals surface area contributed by atoms with Crippen molar-refractivity contribution in [3.8, 4) is 11.1 Å². The van der Waals surface area contributed by atoms with Gasteiger partial charge in [0.2, 0.25) is 5.91 Å². The van der Waals surface area contributed by atoms with Crippen molar-refractivity contribution >= 4 is 5.91 Å². The van der Waals surface area contributed by atoms with E-state index in [4.69, 9.17) is 0 Å². The summed E-state index contributed by atoms with van der Waals surface area (Å²) in [7, 11) is 1.77. The Morgan fingerprint density at radius 1 is 1.00 bits per heavy atom. The zero-order valence-electron chi connectivity index (χ0n) is 19.8. The van der Waals surface area contributed by atoms with E-state index in [1.54, 1.807) is 13.2 Å². The number of carbonyl (C=O) groups excluding carboxylic acids is 1. The molecule has 2 heterocycles. The van der Waals surface area contributed by atoms with E-state index in [1.807, 2.05) is 12.3 Å². The Morgan fingerprint density at radius 3 is 2.36 bits per heavy atom. The Hall–Kier alpha value is -2.98. The Labute approximate surface area is 198 Å². The van der Waals surface area contributed by atoms with Gasteiger partial charge in [0, 0.05) is 19.4 Å². The standard InChI is InChI=1S/C29H35N3O/c1-23(25-7-4-3-5-8-25)14-18-32-19-15-29(16-20-32,28(33)30-2)21-24-10-12-26(13-11-24)27-9-6-17-31-22-27/h3-13,17,22-23H,14-16,18-21H2,1-2H3,(H,30,33)/t23-/m0/s1. The van der Waals surface area contributed by atoms with E-state index in [9.17, 15) is 4.79 Å². The third-order valence-corrected chi connectivity index (χ3v) is 7.26. The molecule has 1 amide bonds. The molecule has 1 atom stereocenters. The molecular formula is C29H35N3O. The Balaban J connectivity index is 1.37. The van der Waals surface area contributed by atoms with Crippen LogP contribution in [0, 0.1) is 5.41 Å². The highest BCUT2D eigenvalue weighted by atomic mass is 16.2. The van der Waals surface area contributed by atoms with Crippen LogP contribution in [0.4, 0.5) is 0 Å². The molecule has 33 heavy (non-hydrogen) atoms. The van der Waals surface area contributed by atoms with Crippen molar-refractivity contribution in [3.05, 3.63) is 90.3 Å². The van der Waals surface area contributed by atoms with E-state index in [2.05, 4.69) is 82.8 Å². The molecule has 1 aliphatic heterocycles. The van der Waals surface area contributed by atoms with Crippen LogP contribution >= 0.6 is 0 Å². The number of piperidine rings is 1. The number of pyridine rings is 1. The molecule has 0 radical (unpaired) electrons. The van der Waals surface area contributed by atoms with E-state index in [0.717, 1.165) is 56.4 Å². The van der Waals surface area contributed by atoms with Crippen LogP contribution in [-0.2, 0) is 11.2 Å². The number of likely N-dealkylation sites (tertiary alicyclic amines) is 1. The summed E-state index contributed by atoms with van der Waals surface area (Å²) >= 11 is 0. The minimum atomic E-state index is -0.327. The first-order valence-corrected chi connectivity index (χ1v) is 12.1. The second-order valence-electron chi connectivity index (χ2n) is 9.42. The zero-order chi connectivity index (χ0) is 23.1. The largest absolute Gasteiger partial charge is 0.359 e. The lowest BCUT2D eigenvalue weighted by Crippen LogP contribution is -2.49. The Morgan fingerprint density at radius 2 is 1.73 bits per heavy atom. The lowest BCUT2D eigenvalue weighted by molar-refractivity contribution is -0.133. The Bertz CT molecular complexity index is 1010. The van der Waals surface area contributed by atoms with Crippen LogP contribution in [0.3, 0.4) is 0 Å². The fourth-order valence-electron chi connectivity index (χ4n) is 5.02.